The predicted octanol–water partition coefficient (Wildman–Crippen LogP) is 2.70. The fourth-order valence-corrected chi connectivity index (χ4v) is 2.15. The first-order chi connectivity index (χ1) is 8.72. The number of rotatable bonds is 4. The van der Waals surface area contributed by atoms with Crippen molar-refractivity contribution >= 4 is 23.0 Å². The number of hydrogen-bond acceptors (Lipinski definition) is 5. The highest BCUT2D eigenvalue weighted by atomic mass is 32.1. The number of nitrogens with two attached hydrogens (primary N) is 1. The highest BCUT2D eigenvalue weighted by molar-refractivity contribution is 7.07. The Morgan fingerprint density at radius 1 is 1.39 bits per heavy atom. The molecule has 0 radical (unpaired) electrons. The van der Waals surface area contributed by atoms with Gasteiger partial charge in [0.1, 0.15) is 12.4 Å². The van der Waals surface area contributed by atoms with E-state index in [1.165, 1.54) is 7.11 Å². The Bertz CT molecular complexity index is 537. The standard InChI is InChI=1S/C13H13NO3S/c1-16-11-4-2-3-10(12(11)14)13(15)17-7-9-5-6-18-8-9/h2-6,8H,7,14H2,1H3. The topological polar surface area (TPSA) is 61.5 Å². The zero-order valence-electron chi connectivity index (χ0n) is 9.88. The lowest BCUT2D eigenvalue weighted by Gasteiger charge is -2.09. The lowest BCUT2D eigenvalue weighted by atomic mass is 10.1. The molecule has 0 aliphatic carbocycles. The third-order valence-corrected chi connectivity index (χ3v) is 3.19. The van der Waals surface area contributed by atoms with Gasteiger partial charge in [-0.3, -0.25) is 0 Å². The van der Waals surface area contributed by atoms with E-state index < -0.39 is 5.97 Å². The van der Waals surface area contributed by atoms with Crippen molar-refractivity contribution in [2.75, 3.05) is 12.8 Å². The van der Waals surface area contributed by atoms with Crippen LogP contribution in [0.25, 0.3) is 0 Å². The second-order valence-electron chi connectivity index (χ2n) is 3.63. The number of para-hydroxylation sites is 1. The number of esters is 1. The first-order valence-electron chi connectivity index (χ1n) is 5.33. The second kappa shape index (κ2) is 5.55. The lowest BCUT2D eigenvalue weighted by Crippen LogP contribution is -2.08. The van der Waals surface area contributed by atoms with Crippen LogP contribution in [-0.2, 0) is 11.3 Å². The number of carbonyl (C=O) groups excluding carboxylic acids is 1. The van der Waals surface area contributed by atoms with Crippen LogP contribution in [0.2, 0.25) is 0 Å². The fraction of sp³-hybridized carbons (Fsp3) is 0.154. The van der Waals surface area contributed by atoms with Crippen molar-refractivity contribution in [2.24, 2.45) is 0 Å². The van der Waals surface area contributed by atoms with Gasteiger partial charge in [-0.05, 0) is 29.0 Å². The molecule has 1 aromatic carbocycles. The van der Waals surface area contributed by atoms with E-state index >= 15 is 0 Å². The lowest BCUT2D eigenvalue weighted by molar-refractivity contribution is 0.0474. The number of thiophene rings is 1. The molecule has 0 amide bonds. The third-order valence-electron chi connectivity index (χ3n) is 2.46. The summed E-state index contributed by atoms with van der Waals surface area (Å²) in [6, 6.07) is 6.93. The molecule has 0 spiro atoms. The molecule has 0 atom stereocenters. The molecule has 0 aliphatic heterocycles. The number of methoxy groups -OCH3 is 1. The minimum atomic E-state index is -0.447. The average molecular weight is 263 g/mol. The maximum Gasteiger partial charge on any atom is 0.340 e. The summed E-state index contributed by atoms with van der Waals surface area (Å²) < 4.78 is 10.2. The summed E-state index contributed by atoms with van der Waals surface area (Å²) in [6.07, 6.45) is 0. The van der Waals surface area contributed by atoms with E-state index in [1.54, 1.807) is 29.5 Å². The van der Waals surface area contributed by atoms with Gasteiger partial charge in [-0.15, -0.1) is 0 Å². The molecule has 0 saturated carbocycles. The minimum absolute atomic E-state index is 0.249. The molecule has 0 saturated heterocycles. The number of ether oxygens (including phenoxy) is 2. The number of carbonyl (C=O) groups is 1. The number of nitrogen functional groups attached to an aromatic ring is 1. The summed E-state index contributed by atoms with van der Waals surface area (Å²) in [5.74, 6) is 0.0255. The average Bonchev–Trinajstić information content (AvgIpc) is 2.89. The highest BCUT2D eigenvalue weighted by Gasteiger charge is 2.14. The van der Waals surface area contributed by atoms with Crippen LogP contribution in [0.1, 0.15) is 15.9 Å². The van der Waals surface area contributed by atoms with Gasteiger partial charge in [0.25, 0.3) is 0 Å². The summed E-state index contributed by atoms with van der Waals surface area (Å²) in [5.41, 5.74) is 7.41. The first-order valence-corrected chi connectivity index (χ1v) is 6.27. The van der Waals surface area contributed by atoms with Crippen LogP contribution in [0.15, 0.2) is 35.0 Å². The van der Waals surface area contributed by atoms with Crippen LogP contribution in [0, 0.1) is 0 Å². The van der Waals surface area contributed by atoms with Crippen molar-refractivity contribution < 1.29 is 14.3 Å². The SMILES string of the molecule is COc1cccc(C(=O)OCc2ccsc2)c1N. The van der Waals surface area contributed by atoms with Crippen molar-refractivity contribution in [2.45, 2.75) is 6.61 Å². The van der Waals surface area contributed by atoms with Gasteiger partial charge in [0.15, 0.2) is 0 Å². The Balaban J connectivity index is 2.09. The Morgan fingerprint density at radius 2 is 2.22 bits per heavy atom. The van der Waals surface area contributed by atoms with Gasteiger partial charge >= 0.3 is 5.97 Å². The molecule has 0 fully saturated rings. The largest absolute Gasteiger partial charge is 0.495 e. The van der Waals surface area contributed by atoms with Gasteiger partial charge in [-0.1, -0.05) is 6.07 Å². The molecule has 94 valence electrons. The van der Waals surface area contributed by atoms with Crippen LogP contribution < -0.4 is 10.5 Å². The first kappa shape index (κ1) is 12.4. The van der Waals surface area contributed by atoms with Gasteiger partial charge in [-0.25, -0.2) is 4.79 Å². The Kier molecular flexibility index (Phi) is 3.84. The fourth-order valence-electron chi connectivity index (χ4n) is 1.50. The van der Waals surface area contributed by atoms with Crippen LogP contribution in [0.4, 0.5) is 5.69 Å². The van der Waals surface area contributed by atoms with Gasteiger partial charge in [0, 0.05) is 5.56 Å². The molecule has 1 heterocycles. The van der Waals surface area contributed by atoms with Crippen LogP contribution in [0.3, 0.4) is 0 Å². The molecular weight excluding hydrogens is 250 g/mol. The third kappa shape index (κ3) is 2.62. The van der Waals surface area contributed by atoms with Crippen LogP contribution in [0.5, 0.6) is 5.75 Å². The van der Waals surface area contributed by atoms with E-state index in [1.807, 2.05) is 16.8 Å². The van der Waals surface area contributed by atoms with E-state index in [2.05, 4.69) is 0 Å². The van der Waals surface area contributed by atoms with Crippen molar-refractivity contribution in [1.82, 2.24) is 0 Å². The van der Waals surface area contributed by atoms with Gasteiger partial charge < -0.3 is 15.2 Å². The smallest absolute Gasteiger partial charge is 0.340 e. The van der Waals surface area contributed by atoms with E-state index in [4.69, 9.17) is 15.2 Å². The van der Waals surface area contributed by atoms with E-state index in [0.717, 1.165) is 5.56 Å². The van der Waals surface area contributed by atoms with Gasteiger partial charge in [0.05, 0.1) is 18.4 Å². The molecule has 18 heavy (non-hydrogen) atoms. The van der Waals surface area contributed by atoms with E-state index in [9.17, 15) is 4.79 Å². The summed E-state index contributed by atoms with van der Waals surface area (Å²) in [7, 11) is 1.51. The molecule has 0 aliphatic rings. The molecule has 2 N–H and O–H groups in total. The minimum Gasteiger partial charge on any atom is -0.495 e. The second-order valence-corrected chi connectivity index (χ2v) is 4.41. The zero-order chi connectivity index (χ0) is 13.0. The number of benzene rings is 1. The molecule has 4 nitrogen and oxygen atoms in total. The monoisotopic (exact) mass is 263 g/mol. The predicted molar refractivity (Wildman–Crippen MR) is 70.8 cm³/mol. The zero-order valence-corrected chi connectivity index (χ0v) is 10.7. The van der Waals surface area contributed by atoms with Crippen LogP contribution >= 0.6 is 11.3 Å². The van der Waals surface area contributed by atoms with Crippen molar-refractivity contribution in [3.63, 3.8) is 0 Å². The number of anilines is 1. The normalized spacial score (nSPS) is 10.1. The van der Waals surface area contributed by atoms with Crippen molar-refractivity contribution in [1.29, 1.82) is 0 Å². The molecular formula is C13H13NO3S. The van der Waals surface area contributed by atoms with Crippen molar-refractivity contribution in [3.8, 4) is 5.75 Å². The Hall–Kier alpha value is -2.01. The van der Waals surface area contributed by atoms with Crippen molar-refractivity contribution in [3.05, 3.63) is 46.2 Å². The number of hydrogen-bond donors (Lipinski definition) is 1. The maximum atomic E-state index is 11.9. The summed E-state index contributed by atoms with van der Waals surface area (Å²) >= 11 is 1.56. The summed E-state index contributed by atoms with van der Waals surface area (Å²) in [6.45, 7) is 0.249. The molecule has 1 aromatic heterocycles. The highest BCUT2D eigenvalue weighted by Crippen LogP contribution is 2.25. The van der Waals surface area contributed by atoms with Crippen LogP contribution in [-0.4, -0.2) is 13.1 Å². The Labute approximate surface area is 109 Å². The quantitative estimate of drug-likeness (QED) is 0.680. The van der Waals surface area contributed by atoms with Gasteiger partial charge in [-0.2, -0.15) is 11.3 Å². The Morgan fingerprint density at radius 3 is 2.89 bits per heavy atom. The maximum absolute atomic E-state index is 11.9. The summed E-state index contributed by atoms with van der Waals surface area (Å²) in [5, 5.41) is 3.87. The van der Waals surface area contributed by atoms with E-state index in [0.29, 0.717) is 17.0 Å². The molecule has 2 rings (SSSR count). The van der Waals surface area contributed by atoms with Gasteiger partial charge in [0.2, 0.25) is 0 Å². The summed E-state index contributed by atoms with van der Waals surface area (Å²) in [4.78, 5) is 11.9. The molecule has 2 aromatic rings. The molecule has 0 bridgehead atoms. The van der Waals surface area contributed by atoms with E-state index in [-0.39, 0.29) is 6.61 Å². The molecule has 5 heteroatoms. The molecule has 0 unspecified atom stereocenters.